The van der Waals surface area contributed by atoms with Crippen molar-refractivity contribution >= 4 is 0 Å². The molecule has 1 heteroatoms. The van der Waals surface area contributed by atoms with Crippen LogP contribution in [0.4, 0.5) is 0 Å². The maximum absolute atomic E-state index is 10.1. The van der Waals surface area contributed by atoms with Crippen LogP contribution < -0.4 is 0 Å². The summed E-state index contributed by atoms with van der Waals surface area (Å²) in [6.07, 6.45) is 28.3. The maximum Gasteiger partial charge on any atom is 0.0689 e. The van der Waals surface area contributed by atoms with Gasteiger partial charge in [0.1, 0.15) is 0 Å². The van der Waals surface area contributed by atoms with E-state index in [1.54, 1.807) is 19.3 Å². The summed E-state index contributed by atoms with van der Waals surface area (Å²) >= 11 is 0. The largest absolute Gasteiger partial charge is 0.198 e. The number of hydrogen-bond donors (Lipinski definition) is 0. The molecule has 4 rings (SSSR count). The predicted octanol–water partition coefficient (Wildman–Crippen LogP) is 9.71. The molecule has 0 N–H and O–H groups in total. The van der Waals surface area contributed by atoms with E-state index in [9.17, 15) is 5.26 Å². The van der Waals surface area contributed by atoms with Crippen molar-refractivity contribution in [3.63, 3.8) is 0 Å². The molecule has 182 valence electrons. The molecule has 32 heavy (non-hydrogen) atoms. The Morgan fingerprint density at radius 1 is 0.688 bits per heavy atom. The van der Waals surface area contributed by atoms with Crippen LogP contribution in [-0.4, -0.2) is 0 Å². The summed E-state index contributed by atoms with van der Waals surface area (Å²) in [4.78, 5) is 0. The first kappa shape index (κ1) is 24.6. The van der Waals surface area contributed by atoms with Crippen molar-refractivity contribution in [2.75, 3.05) is 0 Å². The average Bonchev–Trinajstić information content (AvgIpc) is 2.83. The summed E-state index contributed by atoms with van der Waals surface area (Å²) in [7, 11) is 0. The van der Waals surface area contributed by atoms with Crippen LogP contribution in [0.15, 0.2) is 0 Å². The van der Waals surface area contributed by atoms with Crippen molar-refractivity contribution in [1.82, 2.24) is 0 Å². The van der Waals surface area contributed by atoms with Crippen molar-refractivity contribution in [2.24, 2.45) is 46.8 Å². The summed E-state index contributed by atoms with van der Waals surface area (Å²) in [6.45, 7) is 4.62. The van der Waals surface area contributed by atoms with E-state index in [0.29, 0.717) is 0 Å². The molecular weight excluding hydrogens is 386 g/mol. The molecule has 4 saturated carbocycles. The van der Waals surface area contributed by atoms with Gasteiger partial charge in [0, 0.05) is 0 Å². The summed E-state index contributed by atoms with van der Waals surface area (Å²) in [5, 5.41) is 10.1. The second-order valence-corrected chi connectivity index (χ2v) is 12.7. The van der Waals surface area contributed by atoms with E-state index in [4.69, 9.17) is 0 Å². The number of hydrogen-bond acceptors (Lipinski definition) is 1. The van der Waals surface area contributed by atoms with Crippen molar-refractivity contribution in [1.29, 1.82) is 5.26 Å². The molecule has 1 nitrogen and oxygen atoms in total. The number of rotatable bonds is 10. The van der Waals surface area contributed by atoms with E-state index in [-0.39, 0.29) is 5.41 Å². The fourth-order valence-electron chi connectivity index (χ4n) is 9.44. The Balaban J connectivity index is 1.33. The molecule has 0 bridgehead atoms. The predicted molar refractivity (Wildman–Crippen MR) is 136 cm³/mol. The van der Waals surface area contributed by atoms with E-state index >= 15 is 0 Å². The van der Waals surface area contributed by atoms with Gasteiger partial charge in [0.05, 0.1) is 11.5 Å². The lowest BCUT2D eigenvalue weighted by atomic mass is 9.48. The van der Waals surface area contributed by atoms with Crippen molar-refractivity contribution in [3.05, 3.63) is 0 Å². The van der Waals surface area contributed by atoms with Crippen molar-refractivity contribution in [2.45, 2.75) is 142 Å². The summed E-state index contributed by atoms with van der Waals surface area (Å²) in [5.74, 6) is 7.11. The summed E-state index contributed by atoms with van der Waals surface area (Å²) in [6, 6.07) is 2.86. The third-order valence-electron chi connectivity index (χ3n) is 11.0. The quantitative estimate of drug-likeness (QED) is 0.311. The molecule has 0 aromatic rings. The highest BCUT2D eigenvalue weighted by Gasteiger charge is 2.52. The van der Waals surface area contributed by atoms with Gasteiger partial charge in [-0.2, -0.15) is 5.26 Å². The molecule has 0 aliphatic heterocycles. The standard InChI is InChI=1S/C31H53N/c1-3-5-7-8-9-12-24-13-11-14-28-26(24)17-18-29-27-19-21-31(23-32,20-10-6-4-2)22-25(27)15-16-30(28)29/h24-30H,3-22H2,1-2H3/t24-,25?,26?,27?,28?,29?,30?,31-/m1/s1. The Labute approximate surface area is 200 Å². The highest BCUT2D eigenvalue weighted by atomic mass is 14.6. The highest BCUT2D eigenvalue weighted by molar-refractivity contribution is 5.07. The fourth-order valence-corrected chi connectivity index (χ4v) is 9.44. The lowest BCUT2D eigenvalue weighted by Crippen LogP contribution is -2.49. The first-order valence-electron chi connectivity index (χ1n) is 15.1. The zero-order chi connectivity index (χ0) is 22.4. The summed E-state index contributed by atoms with van der Waals surface area (Å²) < 4.78 is 0. The first-order chi connectivity index (χ1) is 15.7. The van der Waals surface area contributed by atoms with E-state index in [0.717, 1.165) is 41.4 Å². The lowest BCUT2D eigenvalue weighted by Gasteiger charge is -2.57. The maximum atomic E-state index is 10.1. The molecule has 0 aromatic carbocycles. The van der Waals surface area contributed by atoms with E-state index in [1.807, 2.05) is 0 Å². The van der Waals surface area contributed by atoms with Gasteiger partial charge in [-0.25, -0.2) is 0 Å². The minimum absolute atomic E-state index is 0.0358. The number of fused-ring (bicyclic) bond motifs is 5. The second kappa shape index (κ2) is 11.8. The molecule has 0 aromatic heterocycles. The molecule has 0 saturated heterocycles. The smallest absolute Gasteiger partial charge is 0.0689 e. The molecule has 8 atom stereocenters. The molecule has 0 radical (unpaired) electrons. The topological polar surface area (TPSA) is 23.8 Å². The van der Waals surface area contributed by atoms with Crippen LogP contribution in [0, 0.1) is 58.2 Å². The zero-order valence-electron chi connectivity index (χ0n) is 21.6. The molecule has 4 fully saturated rings. The number of nitriles is 1. The van der Waals surface area contributed by atoms with Gasteiger partial charge in [0.15, 0.2) is 0 Å². The van der Waals surface area contributed by atoms with Crippen LogP contribution in [-0.2, 0) is 0 Å². The van der Waals surface area contributed by atoms with Crippen LogP contribution in [0.25, 0.3) is 0 Å². The Kier molecular flexibility index (Phi) is 9.04. The zero-order valence-corrected chi connectivity index (χ0v) is 21.6. The molecule has 6 unspecified atom stereocenters. The van der Waals surface area contributed by atoms with Crippen molar-refractivity contribution in [3.8, 4) is 6.07 Å². The second-order valence-electron chi connectivity index (χ2n) is 12.7. The van der Waals surface area contributed by atoms with Gasteiger partial charge in [0.2, 0.25) is 0 Å². The van der Waals surface area contributed by atoms with Crippen LogP contribution in [0.5, 0.6) is 0 Å². The Morgan fingerprint density at radius 2 is 1.38 bits per heavy atom. The molecule has 0 amide bonds. The van der Waals surface area contributed by atoms with Crippen LogP contribution in [0.2, 0.25) is 0 Å². The van der Waals surface area contributed by atoms with Crippen molar-refractivity contribution < 1.29 is 0 Å². The normalized spacial score (nSPS) is 41.2. The van der Waals surface area contributed by atoms with Gasteiger partial charge in [-0.3, -0.25) is 0 Å². The number of nitrogens with zero attached hydrogens (tertiary/aromatic N) is 1. The monoisotopic (exact) mass is 439 g/mol. The van der Waals surface area contributed by atoms with Gasteiger partial charge in [0.25, 0.3) is 0 Å². The Bertz CT molecular complexity index is 604. The molecular formula is C31H53N. The first-order valence-corrected chi connectivity index (χ1v) is 15.1. The van der Waals surface area contributed by atoms with Gasteiger partial charge in [-0.1, -0.05) is 84.5 Å². The van der Waals surface area contributed by atoms with Crippen LogP contribution in [0.3, 0.4) is 0 Å². The lowest BCUT2D eigenvalue weighted by molar-refractivity contribution is -0.0718. The number of unbranched alkanes of at least 4 members (excludes halogenated alkanes) is 6. The molecule has 4 aliphatic carbocycles. The Morgan fingerprint density at radius 3 is 2.19 bits per heavy atom. The molecule has 4 aliphatic rings. The van der Waals surface area contributed by atoms with Gasteiger partial charge >= 0.3 is 0 Å². The molecule has 0 spiro atoms. The third kappa shape index (κ3) is 5.41. The van der Waals surface area contributed by atoms with Crippen LogP contribution >= 0.6 is 0 Å². The third-order valence-corrected chi connectivity index (χ3v) is 11.0. The van der Waals surface area contributed by atoms with Crippen LogP contribution in [0.1, 0.15) is 142 Å². The van der Waals surface area contributed by atoms with E-state index in [2.05, 4.69) is 19.9 Å². The van der Waals surface area contributed by atoms with Gasteiger partial charge in [-0.05, 0) is 99.2 Å². The minimum atomic E-state index is 0.0358. The minimum Gasteiger partial charge on any atom is -0.198 e. The fraction of sp³-hybridized carbons (Fsp3) is 0.968. The SMILES string of the molecule is CCCCCCC[C@@H]1CCCC2C3CCC4C[C@@](C#N)(CCCCC)CCC4C3CCC21. The summed E-state index contributed by atoms with van der Waals surface area (Å²) in [5.41, 5.74) is 0.0358. The van der Waals surface area contributed by atoms with E-state index in [1.165, 1.54) is 109 Å². The molecule has 0 heterocycles. The highest BCUT2D eigenvalue weighted by Crippen LogP contribution is 2.60. The average molecular weight is 440 g/mol. The van der Waals surface area contributed by atoms with Gasteiger partial charge in [-0.15, -0.1) is 0 Å². The van der Waals surface area contributed by atoms with E-state index < -0.39 is 0 Å². The van der Waals surface area contributed by atoms with Gasteiger partial charge < -0.3 is 0 Å². The Hall–Kier alpha value is -0.510.